The minimum Gasteiger partial charge on any atom is -0.462 e. The smallest absolute Gasteiger partial charge is 0.459 e. The lowest BCUT2D eigenvalue weighted by Crippen LogP contribution is -2.37. The van der Waals surface area contributed by atoms with E-state index in [1.807, 2.05) is 37.3 Å². The zero-order valence-corrected chi connectivity index (χ0v) is 24.6. The number of ether oxygens (including phenoxy) is 1. The Morgan fingerprint density at radius 3 is 2.45 bits per heavy atom. The van der Waals surface area contributed by atoms with Crippen LogP contribution in [0.5, 0.6) is 5.75 Å². The maximum absolute atomic E-state index is 14.1. The molecule has 0 saturated carbocycles. The number of hydrogen-bond acceptors (Lipinski definition) is 8. The van der Waals surface area contributed by atoms with E-state index in [9.17, 15) is 9.36 Å². The van der Waals surface area contributed by atoms with E-state index in [1.165, 1.54) is 0 Å². The number of nitrogens with one attached hydrogen (secondary N) is 1. The highest BCUT2D eigenvalue weighted by atomic mass is 31.2. The molecule has 214 valence electrons. The van der Waals surface area contributed by atoms with Crippen LogP contribution in [0.1, 0.15) is 53.3 Å². The molecule has 3 atom stereocenters. The van der Waals surface area contributed by atoms with Gasteiger partial charge in [-0.05, 0) is 52.3 Å². The van der Waals surface area contributed by atoms with Crippen molar-refractivity contribution in [2.24, 2.45) is 0 Å². The fourth-order valence-electron chi connectivity index (χ4n) is 4.48. The average Bonchev–Trinajstić information content (AvgIpc) is 3.26. The quantitative estimate of drug-likeness (QED) is 0.147. The molecule has 10 nitrogen and oxygen atoms in total. The van der Waals surface area contributed by atoms with Gasteiger partial charge in [0.15, 0.2) is 5.82 Å². The monoisotopic (exact) mass is 567 g/mol. The lowest BCUT2D eigenvalue weighted by Gasteiger charge is -2.26. The zero-order valence-electron chi connectivity index (χ0n) is 23.7. The van der Waals surface area contributed by atoms with Crippen LogP contribution in [0, 0.1) is 0 Å². The first-order chi connectivity index (χ1) is 19.1. The predicted octanol–water partition coefficient (Wildman–Crippen LogP) is 6.03. The summed E-state index contributed by atoms with van der Waals surface area (Å²) in [5.74, 6) is 0.991. The number of unbranched alkanes of at least 4 members (excludes halogenated alkanes) is 1. The Balaban J connectivity index is 1.68. The summed E-state index contributed by atoms with van der Waals surface area (Å²) >= 11 is 0. The molecule has 2 aromatic carbocycles. The van der Waals surface area contributed by atoms with Crippen molar-refractivity contribution in [2.45, 2.75) is 78.7 Å². The Labute approximate surface area is 234 Å². The molecule has 0 radical (unpaired) electrons. The molecule has 0 spiro atoms. The summed E-state index contributed by atoms with van der Waals surface area (Å²) in [6.07, 6.45) is 1.74. The van der Waals surface area contributed by atoms with Crippen LogP contribution in [0.25, 0.3) is 21.9 Å². The van der Waals surface area contributed by atoms with E-state index in [1.54, 1.807) is 45.0 Å². The molecule has 4 aromatic rings. The topological polar surface area (TPSA) is 131 Å². The number of nitrogen functional groups attached to an aromatic ring is 1. The van der Waals surface area contributed by atoms with Gasteiger partial charge in [-0.1, -0.05) is 49.7 Å². The van der Waals surface area contributed by atoms with Crippen LogP contribution in [0.4, 0.5) is 5.82 Å². The summed E-state index contributed by atoms with van der Waals surface area (Å²) in [4.78, 5) is 21.9. The van der Waals surface area contributed by atoms with Crippen molar-refractivity contribution < 1.29 is 23.1 Å². The first kappa shape index (κ1) is 29.5. The average molecular weight is 568 g/mol. The first-order valence-corrected chi connectivity index (χ1v) is 15.2. The summed E-state index contributed by atoms with van der Waals surface area (Å²) in [6.45, 7) is 9.31. The molecular formula is C29H38N5O5P. The summed E-state index contributed by atoms with van der Waals surface area (Å²) in [5.41, 5.74) is 8.58. The van der Waals surface area contributed by atoms with Crippen LogP contribution in [-0.2, 0) is 31.6 Å². The molecule has 0 fully saturated rings. The summed E-state index contributed by atoms with van der Waals surface area (Å²) in [6, 6.07) is 15.5. The lowest BCUT2D eigenvalue weighted by atomic mass is 10.2. The number of esters is 1. The van der Waals surface area contributed by atoms with Crippen molar-refractivity contribution in [3.63, 3.8) is 0 Å². The highest BCUT2D eigenvalue weighted by molar-refractivity contribution is 7.52. The number of para-hydroxylation sites is 2. The van der Waals surface area contributed by atoms with Crippen molar-refractivity contribution >= 4 is 41.5 Å². The normalized spacial score (nSPS) is 14.8. The van der Waals surface area contributed by atoms with E-state index in [0.29, 0.717) is 23.6 Å². The second kappa shape index (κ2) is 12.8. The first-order valence-electron chi connectivity index (χ1n) is 13.6. The third kappa shape index (κ3) is 6.99. The van der Waals surface area contributed by atoms with E-state index in [-0.39, 0.29) is 6.10 Å². The number of fused-ring (bicyclic) bond motifs is 3. The number of carbonyl (C=O) groups excluding carboxylic acids is 1. The van der Waals surface area contributed by atoms with Crippen LogP contribution in [0.3, 0.4) is 0 Å². The Morgan fingerprint density at radius 1 is 1.05 bits per heavy atom. The maximum Gasteiger partial charge on any atom is 0.459 e. The van der Waals surface area contributed by atoms with Gasteiger partial charge in [0.05, 0.1) is 29.8 Å². The lowest BCUT2D eigenvalue weighted by molar-refractivity contribution is -0.149. The number of aryl methyl sites for hydroxylation is 1. The molecule has 2 heterocycles. The number of benzene rings is 2. The maximum atomic E-state index is 14.1. The third-order valence-corrected chi connectivity index (χ3v) is 8.02. The van der Waals surface area contributed by atoms with Crippen molar-refractivity contribution in [2.75, 3.05) is 5.73 Å². The fraction of sp³-hybridized carbons (Fsp3) is 0.414. The van der Waals surface area contributed by atoms with E-state index in [2.05, 4.69) is 21.6 Å². The second-order valence-corrected chi connectivity index (χ2v) is 11.8. The van der Waals surface area contributed by atoms with Gasteiger partial charge < -0.3 is 19.6 Å². The van der Waals surface area contributed by atoms with Crippen LogP contribution in [-0.4, -0.2) is 38.8 Å². The zero-order chi connectivity index (χ0) is 28.9. The van der Waals surface area contributed by atoms with E-state index in [0.717, 1.165) is 41.5 Å². The fourth-order valence-corrected chi connectivity index (χ4v) is 6.15. The SMILES string of the molecule is CCCCc1nc2c(N)nc3ccccc3c2n1C[C@H](C)O[P@@](=O)(N[C@@H](C)C(=O)OC(C)C)Oc1ccccc1. The van der Waals surface area contributed by atoms with Gasteiger partial charge in [0.1, 0.15) is 23.1 Å². The van der Waals surface area contributed by atoms with E-state index < -0.39 is 25.9 Å². The van der Waals surface area contributed by atoms with Gasteiger partial charge in [0, 0.05) is 11.8 Å². The Hall–Kier alpha value is -3.46. The summed E-state index contributed by atoms with van der Waals surface area (Å²) < 4.78 is 33.4. The number of carbonyl (C=O) groups is 1. The van der Waals surface area contributed by atoms with Gasteiger partial charge in [-0.15, -0.1) is 0 Å². The number of rotatable bonds is 13. The van der Waals surface area contributed by atoms with Gasteiger partial charge >= 0.3 is 13.7 Å². The van der Waals surface area contributed by atoms with Crippen molar-refractivity contribution in [1.29, 1.82) is 0 Å². The number of hydrogen-bond donors (Lipinski definition) is 2. The number of anilines is 1. The molecule has 0 saturated heterocycles. The van der Waals surface area contributed by atoms with Gasteiger partial charge in [-0.25, -0.2) is 14.5 Å². The Kier molecular flexibility index (Phi) is 9.45. The number of imidazole rings is 1. The minimum absolute atomic E-state index is 0.317. The Bertz CT molecular complexity index is 1510. The van der Waals surface area contributed by atoms with Crippen molar-refractivity contribution in [3.8, 4) is 5.75 Å². The number of aromatic nitrogens is 3. The third-order valence-electron chi connectivity index (χ3n) is 6.23. The molecule has 0 amide bonds. The molecule has 0 aliphatic carbocycles. The van der Waals surface area contributed by atoms with E-state index >= 15 is 0 Å². The minimum atomic E-state index is -4.05. The Morgan fingerprint density at radius 2 is 1.75 bits per heavy atom. The molecule has 40 heavy (non-hydrogen) atoms. The molecule has 4 rings (SSSR count). The van der Waals surface area contributed by atoms with Crippen LogP contribution in [0.2, 0.25) is 0 Å². The highest BCUT2D eigenvalue weighted by Gasteiger charge is 2.35. The van der Waals surface area contributed by atoms with Crippen molar-refractivity contribution in [3.05, 3.63) is 60.4 Å². The van der Waals surface area contributed by atoms with Gasteiger partial charge in [0.25, 0.3) is 0 Å². The van der Waals surface area contributed by atoms with Crippen LogP contribution >= 0.6 is 7.75 Å². The van der Waals surface area contributed by atoms with E-state index in [4.69, 9.17) is 24.5 Å². The molecule has 0 bridgehead atoms. The molecule has 0 unspecified atom stereocenters. The predicted molar refractivity (Wildman–Crippen MR) is 157 cm³/mol. The number of nitrogens with two attached hydrogens (primary N) is 1. The number of pyridine rings is 1. The van der Waals surface area contributed by atoms with Gasteiger partial charge in [0.2, 0.25) is 0 Å². The second-order valence-electron chi connectivity index (χ2n) is 10.1. The van der Waals surface area contributed by atoms with Crippen LogP contribution < -0.4 is 15.3 Å². The molecular weight excluding hydrogens is 529 g/mol. The van der Waals surface area contributed by atoms with Crippen molar-refractivity contribution in [1.82, 2.24) is 19.6 Å². The molecule has 2 aromatic heterocycles. The molecule has 0 aliphatic heterocycles. The number of nitrogens with zero attached hydrogens (tertiary/aromatic N) is 3. The molecule has 11 heteroatoms. The molecule has 3 N–H and O–H groups in total. The van der Waals surface area contributed by atoms with Crippen LogP contribution in [0.15, 0.2) is 54.6 Å². The summed E-state index contributed by atoms with van der Waals surface area (Å²) in [5, 5.41) is 3.68. The summed E-state index contributed by atoms with van der Waals surface area (Å²) in [7, 11) is -4.05. The highest BCUT2D eigenvalue weighted by Crippen LogP contribution is 2.46. The van der Waals surface area contributed by atoms with Gasteiger partial charge in [-0.3, -0.25) is 9.32 Å². The van der Waals surface area contributed by atoms with Gasteiger partial charge in [-0.2, -0.15) is 5.09 Å². The largest absolute Gasteiger partial charge is 0.462 e. The standard InChI is InChI=1S/C29H38N5O5P/c1-6-7-17-25-32-26-27(23-15-11-12-16-24(23)31-28(26)30)34(25)18-20(4)38-40(36,39-22-13-9-8-10-14-22)33-21(5)29(35)37-19(2)3/h8-16,19-21H,6-7,17-18H2,1-5H3,(H2,30,31)(H,33,36)/t20-,21-,40-/m0/s1. The molecule has 0 aliphatic rings.